The van der Waals surface area contributed by atoms with Gasteiger partial charge in [0.25, 0.3) is 5.91 Å². The number of carbonyl (C=O) groups is 2. The van der Waals surface area contributed by atoms with Crippen LogP contribution in [0.3, 0.4) is 0 Å². The number of ether oxygens (including phenoxy) is 1. The van der Waals surface area contributed by atoms with E-state index in [1.807, 2.05) is 35.0 Å². The molecule has 0 bridgehead atoms. The second kappa shape index (κ2) is 8.11. The molecule has 0 atom stereocenters. The number of amides is 2. The number of fused-ring (bicyclic) bond motifs is 1. The quantitative estimate of drug-likeness (QED) is 0.489. The maximum atomic E-state index is 12.5. The number of aromatic nitrogens is 3. The Hall–Kier alpha value is -3.72. The van der Waals surface area contributed by atoms with Crippen molar-refractivity contribution < 1.29 is 14.3 Å². The molecule has 0 spiro atoms. The van der Waals surface area contributed by atoms with Crippen LogP contribution in [0.25, 0.3) is 5.65 Å². The lowest BCUT2D eigenvalue weighted by Crippen LogP contribution is -2.14. The van der Waals surface area contributed by atoms with Gasteiger partial charge in [-0.1, -0.05) is 12.1 Å². The molecule has 4 aromatic rings. The zero-order valence-electron chi connectivity index (χ0n) is 15.2. The Labute approximate surface area is 170 Å². The molecule has 0 saturated heterocycles. The fourth-order valence-corrected chi connectivity index (χ4v) is 3.44. The number of imidazole rings is 1. The summed E-state index contributed by atoms with van der Waals surface area (Å²) in [6.07, 6.45) is 3.86. The number of benzene rings is 1. The van der Waals surface area contributed by atoms with Crippen molar-refractivity contribution in [1.82, 2.24) is 14.4 Å². The van der Waals surface area contributed by atoms with Crippen molar-refractivity contribution in [2.24, 2.45) is 5.73 Å². The predicted molar refractivity (Wildman–Crippen MR) is 109 cm³/mol. The van der Waals surface area contributed by atoms with E-state index >= 15 is 0 Å². The molecule has 0 radical (unpaired) electrons. The molecule has 29 heavy (non-hydrogen) atoms. The summed E-state index contributed by atoms with van der Waals surface area (Å²) in [6, 6.07) is 12.6. The second-order valence-corrected chi connectivity index (χ2v) is 7.11. The first-order valence-electron chi connectivity index (χ1n) is 8.76. The van der Waals surface area contributed by atoms with Gasteiger partial charge in [0.1, 0.15) is 18.0 Å². The van der Waals surface area contributed by atoms with E-state index in [-0.39, 0.29) is 18.9 Å². The van der Waals surface area contributed by atoms with Crippen LogP contribution in [-0.2, 0) is 17.8 Å². The monoisotopic (exact) mass is 407 g/mol. The first-order chi connectivity index (χ1) is 14.1. The summed E-state index contributed by atoms with van der Waals surface area (Å²) < 4.78 is 7.71. The number of rotatable bonds is 7. The highest BCUT2D eigenvalue weighted by atomic mass is 32.1. The summed E-state index contributed by atoms with van der Waals surface area (Å²) in [5.41, 5.74) is 7.75. The Morgan fingerprint density at radius 3 is 2.86 bits per heavy atom. The Balaban J connectivity index is 1.40. The van der Waals surface area contributed by atoms with Crippen LogP contribution in [0.5, 0.6) is 5.75 Å². The molecule has 0 saturated carbocycles. The summed E-state index contributed by atoms with van der Waals surface area (Å²) in [5.74, 6) is -0.227. The van der Waals surface area contributed by atoms with Gasteiger partial charge in [-0.3, -0.25) is 14.9 Å². The normalized spacial score (nSPS) is 10.8. The van der Waals surface area contributed by atoms with E-state index in [0.717, 1.165) is 11.3 Å². The number of nitrogens with two attached hydrogens (primary N) is 1. The minimum Gasteiger partial charge on any atom is -0.487 e. The highest BCUT2D eigenvalue weighted by Crippen LogP contribution is 2.19. The van der Waals surface area contributed by atoms with Gasteiger partial charge >= 0.3 is 0 Å². The molecule has 0 aliphatic rings. The van der Waals surface area contributed by atoms with Crippen molar-refractivity contribution >= 4 is 33.9 Å². The van der Waals surface area contributed by atoms with Crippen LogP contribution in [0, 0.1) is 0 Å². The lowest BCUT2D eigenvalue weighted by molar-refractivity contribution is -0.117. The highest BCUT2D eigenvalue weighted by molar-refractivity contribution is 7.14. The number of hydrogen-bond donors (Lipinski definition) is 2. The number of nitrogens with one attached hydrogen (secondary N) is 1. The van der Waals surface area contributed by atoms with Crippen LogP contribution >= 0.6 is 11.3 Å². The van der Waals surface area contributed by atoms with Gasteiger partial charge in [0, 0.05) is 23.3 Å². The van der Waals surface area contributed by atoms with Crippen LogP contribution in [0.2, 0.25) is 0 Å². The van der Waals surface area contributed by atoms with Gasteiger partial charge in [-0.2, -0.15) is 0 Å². The third kappa shape index (κ3) is 4.58. The fourth-order valence-electron chi connectivity index (χ4n) is 2.73. The van der Waals surface area contributed by atoms with Crippen LogP contribution in [0.15, 0.2) is 60.2 Å². The molecule has 1 aromatic carbocycles. The number of carbonyl (C=O) groups excluding carboxylic acids is 2. The third-order valence-corrected chi connectivity index (χ3v) is 4.83. The number of pyridine rings is 1. The average Bonchev–Trinajstić information content (AvgIpc) is 3.32. The molecule has 8 nitrogen and oxygen atoms in total. The first-order valence-corrected chi connectivity index (χ1v) is 9.64. The summed E-state index contributed by atoms with van der Waals surface area (Å²) in [7, 11) is 0. The number of hydrogen-bond acceptors (Lipinski definition) is 6. The highest BCUT2D eigenvalue weighted by Gasteiger charge is 2.11. The molecule has 146 valence electrons. The topological polar surface area (TPSA) is 112 Å². The maximum Gasteiger partial charge on any atom is 0.257 e. The molecule has 0 fully saturated rings. The van der Waals surface area contributed by atoms with Gasteiger partial charge < -0.3 is 14.9 Å². The number of nitrogens with zero attached hydrogens (tertiary/aromatic N) is 3. The van der Waals surface area contributed by atoms with E-state index in [4.69, 9.17) is 10.5 Å². The van der Waals surface area contributed by atoms with Gasteiger partial charge in [-0.25, -0.2) is 9.97 Å². The molecule has 4 rings (SSSR count). The van der Waals surface area contributed by atoms with Crippen LogP contribution in [-0.4, -0.2) is 26.2 Å². The second-order valence-electron chi connectivity index (χ2n) is 6.26. The number of anilines is 1. The minimum absolute atomic E-state index is 0.0404. The average molecular weight is 407 g/mol. The first kappa shape index (κ1) is 18.6. The van der Waals surface area contributed by atoms with Gasteiger partial charge in [0.15, 0.2) is 5.13 Å². The lowest BCUT2D eigenvalue weighted by atomic mass is 10.2. The number of primary amides is 1. The standard InChI is InChI=1S/C20H17N5O3S/c21-17(26)9-14-12-29-20(23-14)24-19(27)13-4-3-5-16(8-13)28-11-15-10-25-7-2-1-6-18(25)22-15/h1-8,10,12H,9,11H2,(H2,21,26)(H,23,24,27). The molecular weight excluding hydrogens is 390 g/mol. The Morgan fingerprint density at radius 1 is 1.14 bits per heavy atom. The van der Waals surface area contributed by atoms with E-state index in [1.165, 1.54) is 11.3 Å². The SMILES string of the molecule is NC(=O)Cc1csc(NC(=O)c2cccc(OCc3cn4ccccc4n3)c2)n1. The van der Waals surface area contributed by atoms with Gasteiger partial charge in [-0.15, -0.1) is 11.3 Å². The molecule has 3 aromatic heterocycles. The van der Waals surface area contributed by atoms with E-state index in [2.05, 4.69) is 15.3 Å². The van der Waals surface area contributed by atoms with Crippen molar-refractivity contribution in [1.29, 1.82) is 0 Å². The predicted octanol–water partition coefficient (Wildman–Crippen LogP) is 2.65. The minimum atomic E-state index is -0.469. The van der Waals surface area contributed by atoms with Gasteiger partial charge in [-0.05, 0) is 30.3 Å². The molecule has 3 heterocycles. The van der Waals surface area contributed by atoms with Crippen molar-refractivity contribution in [2.45, 2.75) is 13.0 Å². The van der Waals surface area contributed by atoms with E-state index in [9.17, 15) is 9.59 Å². The zero-order chi connectivity index (χ0) is 20.2. The fraction of sp³-hybridized carbons (Fsp3) is 0.100. The molecule has 2 amide bonds. The molecule has 0 aliphatic carbocycles. The van der Waals surface area contributed by atoms with Crippen molar-refractivity contribution in [3.63, 3.8) is 0 Å². The molecule has 0 aliphatic heterocycles. The summed E-state index contributed by atoms with van der Waals surface area (Å²) in [4.78, 5) is 32.1. The largest absolute Gasteiger partial charge is 0.487 e. The summed E-state index contributed by atoms with van der Waals surface area (Å²) in [5, 5.41) is 4.81. The molecule has 9 heteroatoms. The van der Waals surface area contributed by atoms with Crippen LogP contribution in [0.1, 0.15) is 21.7 Å². The summed E-state index contributed by atoms with van der Waals surface area (Å²) in [6.45, 7) is 0.287. The van der Waals surface area contributed by atoms with Crippen molar-refractivity contribution in [3.05, 3.63) is 77.2 Å². The van der Waals surface area contributed by atoms with E-state index in [1.54, 1.807) is 29.6 Å². The Morgan fingerprint density at radius 2 is 2.03 bits per heavy atom. The maximum absolute atomic E-state index is 12.5. The number of thiazole rings is 1. The molecule has 0 unspecified atom stereocenters. The lowest BCUT2D eigenvalue weighted by Gasteiger charge is -2.06. The van der Waals surface area contributed by atoms with Crippen molar-refractivity contribution in [2.75, 3.05) is 5.32 Å². The molecular formula is C20H17N5O3S. The van der Waals surface area contributed by atoms with Crippen molar-refractivity contribution in [3.8, 4) is 5.75 Å². The van der Waals surface area contributed by atoms with E-state index < -0.39 is 5.91 Å². The Bertz CT molecular complexity index is 1150. The van der Waals surface area contributed by atoms with E-state index in [0.29, 0.717) is 22.1 Å². The molecule has 3 N–H and O–H groups in total. The smallest absolute Gasteiger partial charge is 0.257 e. The third-order valence-electron chi connectivity index (χ3n) is 4.02. The van der Waals surface area contributed by atoms with Gasteiger partial charge in [0.2, 0.25) is 5.91 Å². The van der Waals surface area contributed by atoms with Crippen LogP contribution in [0.4, 0.5) is 5.13 Å². The zero-order valence-corrected chi connectivity index (χ0v) is 16.1. The van der Waals surface area contributed by atoms with Gasteiger partial charge in [0.05, 0.1) is 17.8 Å². The Kier molecular flexibility index (Phi) is 5.21. The van der Waals surface area contributed by atoms with Crippen LogP contribution < -0.4 is 15.8 Å². The summed E-state index contributed by atoms with van der Waals surface area (Å²) >= 11 is 1.24.